The fourth-order valence-electron chi connectivity index (χ4n) is 3.93. The quantitative estimate of drug-likeness (QED) is 0.866. The molecule has 2 aliphatic rings. The van der Waals surface area contributed by atoms with Gasteiger partial charge in [0.2, 0.25) is 0 Å². The number of aliphatic hydroxyl groups is 1. The van der Waals surface area contributed by atoms with Crippen LogP contribution in [0.2, 0.25) is 0 Å². The summed E-state index contributed by atoms with van der Waals surface area (Å²) in [4.78, 5) is 2.39. The zero-order valence-corrected chi connectivity index (χ0v) is 14.3. The Kier molecular flexibility index (Phi) is 5.40. The minimum Gasteiger partial charge on any atom is -0.492 e. The molecule has 130 valence electrons. The smallest absolute Gasteiger partial charge is 0.119 e. The average Bonchev–Trinajstić information content (AvgIpc) is 2.63. The van der Waals surface area contributed by atoms with Crippen LogP contribution in [-0.4, -0.2) is 55.1 Å². The summed E-state index contributed by atoms with van der Waals surface area (Å²) in [6.07, 6.45) is 2.81. The highest BCUT2D eigenvalue weighted by molar-refractivity contribution is 5.34. The van der Waals surface area contributed by atoms with E-state index < -0.39 is 0 Å². The fraction of sp³-hybridized carbons (Fsp3) is 0.632. The van der Waals surface area contributed by atoms with Crippen molar-refractivity contribution >= 4 is 0 Å². The van der Waals surface area contributed by atoms with Crippen molar-refractivity contribution in [3.8, 4) is 11.8 Å². The molecule has 5 nitrogen and oxygen atoms in total. The van der Waals surface area contributed by atoms with Crippen molar-refractivity contribution in [3.63, 3.8) is 0 Å². The molecule has 0 bridgehead atoms. The molecule has 1 N–H and O–H groups in total. The van der Waals surface area contributed by atoms with Crippen molar-refractivity contribution in [2.75, 3.05) is 32.8 Å². The Morgan fingerprint density at radius 1 is 1.29 bits per heavy atom. The van der Waals surface area contributed by atoms with Gasteiger partial charge in [0.25, 0.3) is 0 Å². The van der Waals surface area contributed by atoms with E-state index in [0.717, 1.165) is 51.3 Å². The lowest BCUT2D eigenvalue weighted by Gasteiger charge is -2.56. The van der Waals surface area contributed by atoms with Crippen LogP contribution >= 0.6 is 0 Å². The van der Waals surface area contributed by atoms with E-state index in [2.05, 4.69) is 11.0 Å². The largest absolute Gasteiger partial charge is 0.492 e. The van der Waals surface area contributed by atoms with E-state index in [1.807, 2.05) is 19.1 Å². The van der Waals surface area contributed by atoms with E-state index in [4.69, 9.17) is 14.7 Å². The monoisotopic (exact) mass is 330 g/mol. The van der Waals surface area contributed by atoms with Crippen molar-refractivity contribution in [2.24, 2.45) is 5.41 Å². The minimum absolute atomic E-state index is 0.0134. The molecule has 1 saturated carbocycles. The van der Waals surface area contributed by atoms with Gasteiger partial charge in [-0.2, -0.15) is 5.26 Å². The molecule has 2 unspecified atom stereocenters. The van der Waals surface area contributed by atoms with Crippen molar-refractivity contribution < 1.29 is 14.6 Å². The maximum absolute atomic E-state index is 10.2. The van der Waals surface area contributed by atoms with Crippen molar-refractivity contribution in [1.82, 2.24) is 4.90 Å². The molecule has 0 amide bonds. The normalized spacial score (nSPS) is 25.9. The Bertz CT molecular complexity index is 571. The molecule has 1 aliphatic carbocycles. The third kappa shape index (κ3) is 3.41. The number of rotatable bonds is 6. The van der Waals surface area contributed by atoms with E-state index in [0.29, 0.717) is 12.2 Å². The van der Waals surface area contributed by atoms with Gasteiger partial charge in [-0.3, -0.25) is 4.90 Å². The second-order valence-electron chi connectivity index (χ2n) is 6.75. The van der Waals surface area contributed by atoms with Gasteiger partial charge in [0, 0.05) is 25.0 Å². The standard InChI is InChI=1S/C19H26N2O3/c1-2-23-18-13-17(22)19(18)7-9-21(10-8-19)11-12-24-16-5-3-15(14-20)4-6-16/h3-6,17-18,22H,2,7-13H2,1H3. The molecule has 1 aromatic rings. The Labute approximate surface area is 143 Å². The maximum atomic E-state index is 10.2. The molecule has 2 fully saturated rings. The van der Waals surface area contributed by atoms with Gasteiger partial charge in [0.15, 0.2) is 0 Å². The van der Waals surface area contributed by atoms with E-state index in [1.165, 1.54) is 0 Å². The highest BCUT2D eigenvalue weighted by atomic mass is 16.5. The molecule has 1 saturated heterocycles. The molecule has 1 spiro atoms. The zero-order chi connectivity index (χ0) is 17.0. The number of benzene rings is 1. The molecule has 0 radical (unpaired) electrons. The summed E-state index contributed by atoms with van der Waals surface area (Å²) < 4.78 is 11.6. The van der Waals surface area contributed by atoms with Crippen LogP contribution in [0.3, 0.4) is 0 Å². The molecule has 1 heterocycles. The lowest BCUT2D eigenvalue weighted by atomic mass is 9.58. The van der Waals surface area contributed by atoms with E-state index >= 15 is 0 Å². The third-order valence-electron chi connectivity index (χ3n) is 5.56. The first kappa shape index (κ1) is 17.2. The van der Waals surface area contributed by atoms with Gasteiger partial charge in [0.05, 0.1) is 23.8 Å². The summed E-state index contributed by atoms with van der Waals surface area (Å²) in [5.41, 5.74) is 0.632. The first-order chi connectivity index (χ1) is 11.7. The zero-order valence-electron chi connectivity index (χ0n) is 14.3. The van der Waals surface area contributed by atoms with Crippen LogP contribution in [0, 0.1) is 16.7 Å². The molecule has 0 aromatic heterocycles. The minimum atomic E-state index is -0.203. The highest BCUT2D eigenvalue weighted by Gasteiger charge is 2.55. The fourth-order valence-corrected chi connectivity index (χ4v) is 3.93. The number of piperidine rings is 1. The summed E-state index contributed by atoms with van der Waals surface area (Å²) in [5, 5.41) is 19.0. The number of ether oxygens (including phenoxy) is 2. The molecular weight excluding hydrogens is 304 g/mol. The van der Waals surface area contributed by atoms with E-state index in [-0.39, 0.29) is 17.6 Å². The number of nitrogens with zero attached hydrogens (tertiary/aromatic N) is 2. The number of aliphatic hydroxyl groups excluding tert-OH is 1. The lowest BCUT2D eigenvalue weighted by Crippen LogP contribution is -2.62. The first-order valence-corrected chi connectivity index (χ1v) is 8.83. The van der Waals surface area contributed by atoms with Crippen LogP contribution in [0.15, 0.2) is 24.3 Å². The molecule has 1 aromatic carbocycles. The molecule has 3 rings (SSSR count). The highest BCUT2D eigenvalue weighted by Crippen LogP contribution is 2.50. The van der Waals surface area contributed by atoms with Gasteiger partial charge in [0.1, 0.15) is 12.4 Å². The maximum Gasteiger partial charge on any atom is 0.119 e. The van der Waals surface area contributed by atoms with Gasteiger partial charge in [-0.1, -0.05) is 0 Å². The Morgan fingerprint density at radius 2 is 2.00 bits per heavy atom. The predicted octanol–water partition coefficient (Wildman–Crippen LogP) is 2.19. The van der Waals surface area contributed by atoms with Crippen LogP contribution in [0.4, 0.5) is 0 Å². The van der Waals surface area contributed by atoms with Gasteiger partial charge in [-0.05, 0) is 57.1 Å². The van der Waals surface area contributed by atoms with E-state index in [1.54, 1.807) is 12.1 Å². The van der Waals surface area contributed by atoms with Gasteiger partial charge in [-0.15, -0.1) is 0 Å². The summed E-state index contributed by atoms with van der Waals surface area (Å²) in [7, 11) is 0. The predicted molar refractivity (Wildman–Crippen MR) is 90.8 cm³/mol. The van der Waals surface area contributed by atoms with Crippen LogP contribution in [0.1, 0.15) is 31.7 Å². The van der Waals surface area contributed by atoms with Gasteiger partial charge >= 0.3 is 0 Å². The number of nitriles is 1. The SMILES string of the molecule is CCOC1CC(O)C12CCN(CCOc1ccc(C#N)cc1)CC2. The summed E-state index contributed by atoms with van der Waals surface area (Å²) in [5.74, 6) is 0.799. The Hall–Kier alpha value is -1.61. The summed E-state index contributed by atoms with van der Waals surface area (Å²) in [6.45, 7) is 6.23. The third-order valence-corrected chi connectivity index (χ3v) is 5.56. The number of likely N-dealkylation sites (tertiary alicyclic amines) is 1. The Morgan fingerprint density at radius 3 is 2.58 bits per heavy atom. The van der Waals surface area contributed by atoms with Crippen molar-refractivity contribution in [3.05, 3.63) is 29.8 Å². The van der Waals surface area contributed by atoms with Crippen molar-refractivity contribution in [1.29, 1.82) is 5.26 Å². The van der Waals surface area contributed by atoms with Gasteiger partial charge in [-0.25, -0.2) is 0 Å². The van der Waals surface area contributed by atoms with Crippen LogP contribution in [-0.2, 0) is 4.74 Å². The van der Waals surface area contributed by atoms with Crippen LogP contribution in [0.5, 0.6) is 5.75 Å². The van der Waals surface area contributed by atoms with Crippen LogP contribution in [0.25, 0.3) is 0 Å². The second kappa shape index (κ2) is 7.52. The first-order valence-electron chi connectivity index (χ1n) is 8.83. The number of hydrogen-bond donors (Lipinski definition) is 1. The van der Waals surface area contributed by atoms with E-state index in [9.17, 15) is 5.11 Å². The molecule has 2 atom stereocenters. The molecule has 5 heteroatoms. The Balaban J connectivity index is 1.42. The molecule has 24 heavy (non-hydrogen) atoms. The summed E-state index contributed by atoms with van der Waals surface area (Å²) >= 11 is 0. The molecule has 1 aliphatic heterocycles. The van der Waals surface area contributed by atoms with Gasteiger partial charge < -0.3 is 14.6 Å². The van der Waals surface area contributed by atoms with Crippen LogP contribution < -0.4 is 4.74 Å². The molecular formula is C19H26N2O3. The topological polar surface area (TPSA) is 65.7 Å². The second-order valence-corrected chi connectivity index (χ2v) is 6.75. The number of hydrogen-bond acceptors (Lipinski definition) is 5. The average molecular weight is 330 g/mol. The summed E-state index contributed by atoms with van der Waals surface area (Å²) in [6, 6.07) is 9.31. The lowest BCUT2D eigenvalue weighted by molar-refractivity contribution is -0.209. The van der Waals surface area contributed by atoms with Crippen molar-refractivity contribution in [2.45, 2.75) is 38.4 Å².